The van der Waals surface area contributed by atoms with Gasteiger partial charge in [0.05, 0.1) is 24.1 Å². The molecule has 1 aromatic heterocycles. The minimum Gasteiger partial charge on any atom is -0.497 e. The van der Waals surface area contributed by atoms with E-state index in [2.05, 4.69) is 20.9 Å². The Balaban J connectivity index is 1.86. The second kappa shape index (κ2) is 8.07. The SMILES string of the molecule is COc1ccc(CN(Sc2cc(Br)c(N)cc2F)c2cscn2)cc1. The number of methoxy groups -OCH3 is 1. The molecule has 0 aliphatic heterocycles. The number of nitrogens with two attached hydrogens (primary N) is 1. The highest BCUT2D eigenvalue weighted by Crippen LogP contribution is 2.35. The van der Waals surface area contributed by atoms with Gasteiger partial charge in [-0.3, -0.25) is 4.31 Å². The number of nitrogens with zero attached hydrogens (tertiary/aromatic N) is 2. The third-order valence-corrected chi connectivity index (χ3v) is 5.73. The number of hydrogen-bond donors (Lipinski definition) is 1. The minimum atomic E-state index is -0.360. The van der Waals surface area contributed by atoms with Crippen molar-refractivity contribution in [1.29, 1.82) is 0 Å². The Kier molecular flexibility index (Phi) is 5.82. The van der Waals surface area contributed by atoms with Gasteiger partial charge in [-0.15, -0.1) is 11.3 Å². The number of anilines is 2. The predicted octanol–water partition coefficient (Wildman–Crippen LogP) is 5.35. The maximum absolute atomic E-state index is 14.3. The zero-order valence-electron chi connectivity index (χ0n) is 13.3. The van der Waals surface area contributed by atoms with Gasteiger partial charge in [0.15, 0.2) is 0 Å². The van der Waals surface area contributed by atoms with Gasteiger partial charge >= 0.3 is 0 Å². The van der Waals surface area contributed by atoms with Crippen LogP contribution < -0.4 is 14.8 Å². The summed E-state index contributed by atoms with van der Waals surface area (Å²) in [6, 6.07) is 10.8. The molecule has 0 saturated heterocycles. The molecule has 0 unspecified atom stereocenters. The second-order valence-corrected chi connectivity index (χ2v) is 7.76. The van der Waals surface area contributed by atoms with Crippen LogP contribution in [0.25, 0.3) is 0 Å². The molecule has 8 heteroatoms. The van der Waals surface area contributed by atoms with E-state index in [1.54, 1.807) is 18.7 Å². The lowest BCUT2D eigenvalue weighted by Gasteiger charge is -2.21. The Bertz CT molecular complexity index is 844. The van der Waals surface area contributed by atoms with E-state index in [9.17, 15) is 4.39 Å². The van der Waals surface area contributed by atoms with Crippen LogP contribution in [0.3, 0.4) is 0 Å². The topological polar surface area (TPSA) is 51.4 Å². The maximum atomic E-state index is 14.3. The van der Waals surface area contributed by atoms with Crippen LogP contribution in [0.5, 0.6) is 5.75 Å². The van der Waals surface area contributed by atoms with E-state index < -0.39 is 0 Å². The van der Waals surface area contributed by atoms with E-state index in [4.69, 9.17) is 10.5 Å². The number of hydrogen-bond acceptors (Lipinski definition) is 6. The van der Waals surface area contributed by atoms with Crippen molar-refractivity contribution in [2.45, 2.75) is 11.4 Å². The number of nitrogen functional groups attached to an aromatic ring is 1. The molecule has 2 aromatic carbocycles. The molecule has 0 aliphatic carbocycles. The molecule has 0 atom stereocenters. The number of rotatable bonds is 6. The molecule has 0 saturated carbocycles. The van der Waals surface area contributed by atoms with Crippen molar-refractivity contribution in [2.75, 3.05) is 17.1 Å². The summed E-state index contributed by atoms with van der Waals surface area (Å²) in [4.78, 5) is 4.83. The van der Waals surface area contributed by atoms with E-state index in [1.165, 1.54) is 29.4 Å². The summed E-state index contributed by atoms with van der Waals surface area (Å²) in [7, 11) is 1.63. The average Bonchev–Trinajstić information content (AvgIpc) is 3.14. The van der Waals surface area contributed by atoms with Gasteiger partial charge in [0.25, 0.3) is 0 Å². The third-order valence-electron chi connectivity index (χ3n) is 3.42. The first-order valence-electron chi connectivity index (χ1n) is 7.28. The van der Waals surface area contributed by atoms with Gasteiger partial charge in [0, 0.05) is 15.5 Å². The highest BCUT2D eigenvalue weighted by atomic mass is 79.9. The van der Waals surface area contributed by atoms with E-state index in [0.717, 1.165) is 17.1 Å². The van der Waals surface area contributed by atoms with Gasteiger partial charge in [-0.25, -0.2) is 9.37 Å². The van der Waals surface area contributed by atoms with Gasteiger partial charge in [0.1, 0.15) is 17.4 Å². The van der Waals surface area contributed by atoms with Crippen LogP contribution in [0.15, 0.2) is 56.7 Å². The summed E-state index contributed by atoms with van der Waals surface area (Å²) < 4.78 is 22.1. The molecule has 2 N–H and O–H groups in total. The van der Waals surface area contributed by atoms with Crippen molar-refractivity contribution in [2.24, 2.45) is 0 Å². The van der Waals surface area contributed by atoms with Crippen molar-refractivity contribution in [3.05, 3.63) is 63.1 Å². The Hall–Kier alpha value is -1.77. The molecule has 0 fully saturated rings. The van der Waals surface area contributed by atoms with Crippen molar-refractivity contribution in [3.63, 3.8) is 0 Å². The number of thiazole rings is 1. The normalized spacial score (nSPS) is 10.7. The second-order valence-electron chi connectivity index (χ2n) is 5.13. The van der Waals surface area contributed by atoms with E-state index in [0.29, 0.717) is 21.6 Å². The van der Waals surface area contributed by atoms with Crippen LogP contribution >= 0.6 is 39.2 Å². The van der Waals surface area contributed by atoms with Crippen molar-refractivity contribution >= 4 is 50.7 Å². The summed E-state index contributed by atoms with van der Waals surface area (Å²) in [5.41, 5.74) is 8.93. The van der Waals surface area contributed by atoms with E-state index in [1.807, 2.05) is 34.0 Å². The van der Waals surface area contributed by atoms with Crippen LogP contribution in [0.2, 0.25) is 0 Å². The molecule has 0 amide bonds. The molecule has 0 aliphatic rings. The highest BCUT2D eigenvalue weighted by molar-refractivity contribution is 9.10. The largest absolute Gasteiger partial charge is 0.497 e. The smallest absolute Gasteiger partial charge is 0.150 e. The number of halogens is 2. The first-order valence-corrected chi connectivity index (χ1v) is 9.79. The number of benzene rings is 2. The Morgan fingerprint density at radius 1 is 1.32 bits per heavy atom. The molecule has 0 spiro atoms. The zero-order chi connectivity index (χ0) is 17.8. The summed E-state index contributed by atoms with van der Waals surface area (Å²) in [6.07, 6.45) is 0. The fourth-order valence-electron chi connectivity index (χ4n) is 2.12. The molecular weight excluding hydrogens is 425 g/mol. The van der Waals surface area contributed by atoms with Crippen LogP contribution in [-0.4, -0.2) is 12.1 Å². The maximum Gasteiger partial charge on any atom is 0.150 e. The van der Waals surface area contributed by atoms with Crippen molar-refractivity contribution in [1.82, 2.24) is 4.98 Å². The Morgan fingerprint density at radius 3 is 2.72 bits per heavy atom. The monoisotopic (exact) mass is 439 g/mol. The van der Waals surface area contributed by atoms with Crippen LogP contribution in [0.1, 0.15) is 5.56 Å². The van der Waals surface area contributed by atoms with Crippen LogP contribution in [0.4, 0.5) is 15.9 Å². The molecular formula is C17H15BrFN3OS2. The van der Waals surface area contributed by atoms with Crippen molar-refractivity contribution < 1.29 is 9.13 Å². The van der Waals surface area contributed by atoms with Gasteiger partial charge in [-0.05, 0) is 57.7 Å². The van der Waals surface area contributed by atoms with Crippen LogP contribution in [0, 0.1) is 5.82 Å². The van der Waals surface area contributed by atoms with E-state index >= 15 is 0 Å². The zero-order valence-corrected chi connectivity index (χ0v) is 16.5. The molecule has 4 nitrogen and oxygen atoms in total. The summed E-state index contributed by atoms with van der Waals surface area (Å²) >= 11 is 6.13. The minimum absolute atomic E-state index is 0.360. The fraction of sp³-hybridized carbons (Fsp3) is 0.118. The third kappa shape index (κ3) is 4.45. The molecule has 130 valence electrons. The highest BCUT2D eigenvalue weighted by Gasteiger charge is 2.16. The van der Waals surface area contributed by atoms with E-state index in [-0.39, 0.29) is 5.82 Å². The average molecular weight is 440 g/mol. The first-order chi connectivity index (χ1) is 12.1. The lowest BCUT2D eigenvalue weighted by Crippen LogP contribution is -2.14. The number of aromatic nitrogens is 1. The Morgan fingerprint density at radius 2 is 2.08 bits per heavy atom. The van der Waals surface area contributed by atoms with Crippen LogP contribution in [-0.2, 0) is 6.54 Å². The molecule has 0 radical (unpaired) electrons. The van der Waals surface area contributed by atoms with Gasteiger partial charge in [-0.1, -0.05) is 12.1 Å². The number of ether oxygens (including phenoxy) is 1. The summed E-state index contributed by atoms with van der Waals surface area (Å²) in [5.74, 6) is 1.21. The Labute approximate surface area is 162 Å². The molecule has 3 rings (SSSR count). The van der Waals surface area contributed by atoms with Crippen molar-refractivity contribution in [3.8, 4) is 5.75 Å². The standard InChI is InChI=1S/C17H15BrFN3OS2/c1-23-12-4-2-11(3-5-12)8-22(17-9-24-10-21-17)25-16-6-13(18)15(20)7-14(16)19/h2-7,9-10H,8,20H2,1H3. The molecule has 0 bridgehead atoms. The summed E-state index contributed by atoms with van der Waals surface area (Å²) in [5, 5.41) is 1.93. The molecule has 1 heterocycles. The van der Waals surface area contributed by atoms with Gasteiger partial charge < -0.3 is 10.5 Å². The molecule has 3 aromatic rings. The predicted molar refractivity (Wildman–Crippen MR) is 106 cm³/mol. The fourth-order valence-corrected chi connectivity index (χ4v) is 4.18. The lowest BCUT2D eigenvalue weighted by atomic mass is 10.2. The first kappa shape index (κ1) is 18.0. The quantitative estimate of drug-likeness (QED) is 0.414. The summed E-state index contributed by atoms with van der Waals surface area (Å²) in [6.45, 7) is 0.569. The van der Waals surface area contributed by atoms with Gasteiger partial charge in [-0.2, -0.15) is 0 Å². The van der Waals surface area contributed by atoms with Gasteiger partial charge in [0.2, 0.25) is 0 Å². The lowest BCUT2D eigenvalue weighted by molar-refractivity contribution is 0.414. The molecule has 25 heavy (non-hydrogen) atoms.